The number of aryl methyl sites for hydroxylation is 1. The number of hydrogen-bond donors (Lipinski definition) is 0. The van der Waals surface area contributed by atoms with Gasteiger partial charge in [0.15, 0.2) is 0 Å². The molecule has 0 N–H and O–H groups in total. The molecule has 0 bridgehead atoms. The number of esters is 2. The summed E-state index contributed by atoms with van der Waals surface area (Å²) in [5.74, 6) is -0.300. The molecular weight excluding hydrogens is 392 g/mol. The lowest BCUT2D eigenvalue weighted by atomic mass is 9.46. The molecule has 1 aromatic heterocycles. The Labute approximate surface area is 186 Å². The summed E-state index contributed by atoms with van der Waals surface area (Å²) in [5, 5.41) is 0. The molecule has 5 nitrogen and oxygen atoms in total. The largest absolute Gasteiger partial charge is 0.472 e. The Bertz CT molecular complexity index is 797. The van der Waals surface area contributed by atoms with E-state index in [0.717, 1.165) is 38.5 Å². The van der Waals surface area contributed by atoms with E-state index < -0.39 is 11.5 Å². The zero-order valence-electron chi connectivity index (χ0n) is 19.7. The number of rotatable bonds is 7. The van der Waals surface area contributed by atoms with Crippen molar-refractivity contribution in [1.82, 2.24) is 0 Å². The Morgan fingerprint density at radius 1 is 1.32 bits per heavy atom. The van der Waals surface area contributed by atoms with E-state index in [0.29, 0.717) is 12.3 Å². The quantitative estimate of drug-likeness (QED) is 0.408. The molecule has 3 rings (SSSR count). The lowest BCUT2D eigenvalue weighted by Crippen LogP contribution is -2.60. The van der Waals surface area contributed by atoms with E-state index in [1.807, 2.05) is 26.8 Å². The number of hydrogen-bond acceptors (Lipinski definition) is 5. The molecule has 0 saturated heterocycles. The summed E-state index contributed by atoms with van der Waals surface area (Å²) in [6.45, 7) is 12.5. The fraction of sp³-hybridized carbons (Fsp3) is 0.692. The third-order valence-electron chi connectivity index (χ3n) is 8.38. The van der Waals surface area contributed by atoms with Gasteiger partial charge in [0.05, 0.1) is 25.6 Å². The van der Waals surface area contributed by atoms with Crippen LogP contribution in [0, 0.1) is 28.6 Å². The van der Waals surface area contributed by atoms with Crippen LogP contribution in [0.15, 0.2) is 35.2 Å². The molecule has 6 unspecified atom stereocenters. The Kier molecular flexibility index (Phi) is 7.02. The molecule has 0 radical (unpaired) electrons. The number of furan rings is 1. The second-order valence-electron chi connectivity index (χ2n) is 10.0. The fourth-order valence-corrected chi connectivity index (χ4v) is 6.22. The van der Waals surface area contributed by atoms with Crippen LogP contribution in [0.4, 0.5) is 0 Å². The molecule has 2 aliphatic carbocycles. The highest BCUT2D eigenvalue weighted by atomic mass is 16.6. The van der Waals surface area contributed by atoms with Crippen molar-refractivity contribution >= 4 is 11.9 Å². The molecule has 6 atom stereocenters. The molecule has 0 aliphatic heterocycles. The van der Waals surface area contributed by atoms with Crippen LogP contribution >= 0.6 is 0 Å². The number of methoxy groups -OCH3 is 1. The molecule has 2 fully saturated rings. The Hall–Kier alpha value is -2.04. The average molecular weight is 431 g/mol. The molecule has 0 amide bonds. The van der Waals surface area contributed by atoms with Gasteiger partial charge in [-0.25, -0.2) is 0 Å². The van der Waals surface area contributed by atoms with Crippen molar-refractivity contribution in [3.63, 3.8) is 0 Å². The first kappa shape index (κ1) is 23.6. The van der Waals surface area contributed by atoms with Crippen molar-refractivity contribution in [3.05, 3.63) is 36.3 Å². The minimum absolute atomic E-state index is 0.0655. The van der Waals surface area contributed by atoms with Gasteiger partial charge in [0.2, 0.25) is 0 Å². The summed E-state index contributed by atoms with van der Waals surface area (Å²) in [6.07, 6.45) is 8.97. The first-order valence-electron chi connectivity index (χ1n) is 11.7. The van der Waals surface area contributed by atoms with Crippen LogP contribution < -0.4 is 0 Å². The number of fused-ring (bicyclic) bond motifs is 1. The summed E-state index contributed by atoms with van der Waals surface area (Å²) in [5.41, 5.74) is 1.50. The van der Waals surface area contributed by atoms with Gasteiger partial charge in [-0.1, -0.05) is 32.9 Å². The zero-order valence-corrected chi connectivity index (χ0v) is 19.7. The Balaban J connectivity index is 1.90. The second-order valence-corrected chi connectivity index (χ2v) is 10.0. The maximum absolute atomic E-state index is 13.2. The van der Waals surface area contributed by atoms with Crippen LogP contribution in [-0.2, 0) is 25.5 Å². The Morgan fingerprint density at radius 3 is 2.68 bits per heavy atom. The van der Waals surface area contributed by atoms with E-state index in [1.165, 1.54) is 18.2 Å². The van der Waals surface area contributed by atoms with E-state index in [9.17, 15) is 9.59 Å². The van der Waals surface area contributed by atoms with Crippen LogP contribution in [0.2, 0.25) is 0 Å². The Morgan fingerprint density at radius 2 is 2.06 bits per heavy atom. The molecular formula is C26H38O5. The van der Waals surface area contributed by atoms with Gasteiger partial charge < -0.3 is 13.9 Å². The monoisotopic (exact) mass is 430 g/mol. The summed E-state index contributed by atoms with van der Waals surface area (Å²) in [7, 11) is 1.44. The van der Waals surface area contributed by atoms with Gasteiger partial charge in [-0.2, -0.15) is 0 Å². The van der Waals surface area contributed by atoms with Crippen LogP contribution in [0.25, 0.3) is 0 Å². The minimum Gasteiger partial charge on any atom is -0.472 e. The highest BCUT2D eigenvalue weighted by Gasteiger charge is 2.62. The van der Waals surface area contributed by atoms with Crippen LogP contribution in [0.1, 0.15) is 71.8 Å². The lowest BCUT2D eigenvalue weighted by Gasteiger charge is -2.59. The van der Waals surface area contributed by atoms with Gasteiger partial charge in [-0.3, -0.25) is 9.59 Å². The third-order valence-corrected chi connectivity index (χ3v) is 8.38. The first-order chi connectivity index (χ1) is 14.7. The number of carbonyl (C=O) groups excluding carboxylic acids is 2. The van der Waals surface area contributed by atoms with E-state index in [1.54, 1.807) is 12.5 Å². The molecule has 31 heavy (non-hydrogen) atoms. The highest BCUT2D eigenvalue weighted by molar-refractivity contribution is 5.79. The molecule has 5 heteroatoms. The maximum Gasteiger partial charge on any atom is 0.315 e. The van der Waals surface area contributed by atoms with Gasteiger partial charge in [0.1, 0.15) is 11.5 Å². The van der Waals surface area contributed by atoms with Crippen LogP contribution in [-0.4, -0.2) is 25.2 Å². The normalized spacial score (nSPS) is 34.0. The molecule has 0 spiro atoms. The SMILES string of the molecule is C=C1CCC2C(C)(CCC(OC(=O)C(C)CC)C2(C)C(=O)OC)C1CCc1ccoc1. The van der Waals surface area contributed by atoms with Gasteiger partial charge in [0.25, 0.3) is 0 Å². The summed E-state index contributed by atoms with van der Waals surface area (Å²) in [4.78, 5) is 25.8. The zero-order chi connectivity index (χ0) is 22.8. The number of allylic oxidation sites excluding steroid dienone is 1. The molecule has 2 aliphatic rings. The van der Waals surface area contributed by atoms with Gasteiger partial charge in [-0.05, 0) is 80.8 Å². The third kappa shape index (κ3) is 4.20. The van der Waals surface area contributed by atoms with Crippen LogP contribution in [0.3, 0.4) is 0 Å². The van der Waals surface area contributed by atoms with Crippen LogP contribution in [0.5, 0.6) is 0 Å². The average Bonchev–Trinajstić information content (AvgIpc) is 3.27. The van der Waals surface area contributed by atoms with Crippen molar-refractivity contribution in [2.45, 2.75) is 78.7 Å². The highest BCUT2D eigenvalue weighted by Crippen LogP contribution is 2.62. The second kappa shape index (κ2) is 9.22. The standard InChI is InChI=1S/C26H38O5/c1-7-17(2)23(27)31-22-12-14-25(4)20(10-9-19-13-15-30-16-19)18(3)8-11-21(25)26(22,5)24(28)29-6/h13,15-17,20-22H,3,7-12,14H2,1-2,4-6H3. The van der Waals surface area contributed by atoms with E-state index in [2.05, 4.69) is 13.5 Å². The van der Waals surface area contributed by atoms with Crippen molar-refractivity contribution in [1.29, 1.82) is 0 Å². The van der Waals surface area contributed by atoms with Gasteiger partial charge >= 0.3 is 11.9 Å². The summed E-state index contributed by atoms with van der Waals surface area (Å²) >= 11 is 0. The van der Waals surface area contributed by atoms with E-state index in [-0.39, 0.29) is 29.2 Å². The number of ether oxygens (including phenoxy) is 2. The molecule has 1 heterocycles. The predicted molar refractivity (Wildman–Crippen MR) is 119 cm³/mol. The van der Waals surface area contributed by atoms with Crippen molar-refractivity contribution in [3.8, 4) is 0 Å². The minimum atomic E-state index is -0.862. The molecule has 0 aromatic carbocycles. The smallest absolute Gasteiger partial charge is 0.315 e. The molecule has 172 valence electrons. The fourth-order valence-electron chi connectivity index (χ4n) is 6.22. The van der Waals surface area contributed by atoms with E-state index in [4.69, 9.17) is 13.9 Å². The number of carbonyl (C=O) groups is 2. The van der Waals surface area contributed by atoms with Crippen molar-refractivity contribution in [2.75, 3.05) is 7.11 Å². The van der Waals surface area contributed by atoms with Gasteiger partial charge in [0, 0.05) is 0 Å². The molecule has 2 saturated carbocycles. The van der Waals surface area contributed by atoms with Gasteiger partial charge in [-0.15, -0.1) is 0 Å². The lowest BCUT2D eigenvalue weighted by molar-refractivity contribution is -0.199. The maximum atomic E-state index is 13.2. The first-order valence-corrected chi connectivity index (χ1v) is 11.7. The molecule has 1 aromatic rings. The predicted octanol–water partition coefficient (Wildman–Crippen LogP) is 5.73. The topological polar surface area (TPSA) is 65.7 Å². The summed E-state index contributed by atoms with van der Waals surface area (Å²) in [6, 6.07) is 2.01. The van der Waals surface area contributed by atoms with E-state index >= 15 is 0 Å². The van der Waals surface area contributed by atoms with Crippen molar-refractivity contribution in [2.24, 2.45) is 28.6 Å². The van der Waals surface area contributed by atoms with Crippen molar-refractivity contribution < 1.29 is 23.5 Å². The summed E-state index contributed by atoms with van der Waals surface area (Å²) < 4.78 is 16.5.